The van der Waals surface area contributed by atoms with Crippen LogP contribution in [0.1, 0.15) is 74.3 Å². The zero-order chi connectivity index (χ0) is 81.0. The van der Waals surface area contributed by atoms with Crippen LogP contribution in [-0.2, 0) is 113 Å². The molecule has 11 unspecified atom stereocenters. The van der Waals surface area contributed by atoms with E-state index in [4.69, 9.17) is 5.73 Å². The molecule has 0 radical (unpaired) electrons. The number of aliphatic hydroxyl groups is 1. The van der Waals surface area contributed by atoms with Crippen LogP contribution in [0.3, 0.4) is 0 Å². The number of amides is 14. The van der Waals surface area contributed by atoms with Crippen molar-refractivity contribution in [3.05, 3.63) is 174 Å². The first kappa shape index (κ1) is 85.3. The SMILES string of the molecule is CCC1NC(=O)C(Cc2c[nH]cn2)NC(=O)C(Cc2ccccc2)N(C)C(=O)C(CC)NC(=O)C(CO)NC(=O)CNC(=O)C(Cc2c[nH]cn2)NC(=O)C(Cc2cccc3ccccc23)NC(=O)C(C(C)C)NC(=O)C(Cc2ccccc2)NC(=O)CSCC(C(=O)NCC(N)=O)NC(=O)C(Cc2cncn2C)NC1=O. The van der Waals surface area contributed by atoms with Crippen molar-refractivity contribution in [2.75, 3.05) is 38.2 Å². The van der Waals surface area contributed by atoms with Crippen LogP contribution < -0.4 is 69.5 Å². The molecule has 0 spiro atoms. The Bertz CT molecular complexity index is 4410. The summed E-state index contributed by atoms with van der Waals surface area (Å²) in [7, 11) is 2.93. The Morgan fingerprint density at radius 3 is 1.64 bits per heavy atom. The van der Waals surface area contributed by atoms with E-state index in [1.54, 1.807) is 118 Å². The Hall–Kier alpha value is -12.3. The summed E-state index contributed by atoms with van der Waals surface area (Å²) in [5.41, 5.74) is 8.15. The smallest absolute Gasteiger partial charge is 0.245 e. The number of nitrogens with two attached hydrogens (primary N) is 1. The highest BCUT2D eigenvalue weighted by Crippen LogP contribution is 2.22. The number of thioether (sulfide) groups is 1. The van der Waals surface area contributed by atoms with Crippen LogP contribution in [-0.4, -0.2) is 227 Å². The van der Waals surface area contributed by atoms with Crippen LogP contribution in [0.2, 0.25) is 0 Å². The number of benzene rings is 4. The van der Waals surface area contributed by atoms with Crippen molar-refractivity contribution >= 4 is 105 Å². The van der Waals surface area contributed by atoms with Gasteiger partial charge in [-0.05, 0) is 46.2 Å². The number of aromatic amines is 2. The van der Waals surface area contributed by atoms with E-state index in [1.807, 2.05) is 24.3 Å². The highest BCUT2D eigenvalue weighted by atomic mass is 32.2. The number of nitrogens with zero attached hydrogens (tertiary/aromatic N) is 5. The number of hydrogen-bond donors (Lipinski definition) is 16. The molecule has 7 aromatic rings. The number of carbonyl (C=O) groups is 14. The van der Waals surface area contributed by atoms with Crippen molar-refractivity contribution in [1.29, 1.82) is 0 Å². The molecule has 35 nitrogen and oxygen atoms in total. The van der Waals surface area contributed by atoms with E-state index in [0.717, 1.165) is 27.4 Å². The summed E-state index contributed by atoms with van der Waals surface area (Å²) in [5, 5.41) is 43.6. The summed E-state index contributed by atoms with van der Waals surface area (Å²) in [6.07, 6.45) is 7.04. The fraction of sp³-hybridized carbons (Fsp3) is 0.408. The lowest BCUT2D eigenvalue weighted by Crippen LogP contribution is -2.61. The first-order valence-electron chi connectivity index (χ1n) is 36.5. The number of primary amides is 1. The first-order valence-corrected chi connectivity index (χ1v) is 37.6. The molecule has 0 bridgehead atoms. The van der Waals surface area contributed by atoms with E-state index >= 15 is 4.79 Å². The maximum Gasteiger partial charge on any atom is 0.245 e. The Balaban J connectivity index is 1.15. The molecule has 8 rings (SSSR count). The van der Waals surface area contributed by atoms with Gasteiger partial charge in [0.05, 0.1) is 55.8 Å². The fourth-order valence-electron chi connectivity index (χ4n) is 12.3. The van der Waals surface area contributed by atoms with Crippen molar-refractivity contribution in [3.8, 4) is 0 Å². The van der Waals surface area contributed by atoms with Gasteiger partial charge in [0.15, 0.2) is 0 Å². The minimum absolute atomic E-state index is 0.0993. The van der Waals surface area contributed by atoms with E-state index < -0.39 is 181 Å². The van der Waals surface area contributed by atoms with Crippen molar-refractivity contribution in [2.24, 2.45) is 18.7 Å². The van der Waals surface area contributed by atoms with Gasteiger partial charge in [0, 0.05) is 82.7 Å². The van der Waals surface area contributed by atoms with Gasteiger partial charge in [-0.2, -0.15) is 0 Å². The van der Waals surface area contributed by atoms with E-state index in [9.17, 15) is 67.4 Å². The van der Waals surface area contributed by atoms with Gasteiger partial charge in [-0.1, -0.05) is 131 Å². The van der Waals surface area contributed by atoms with E-state index in [1.165, 1.54) is 44.6 Å². The lowest BCUT2D eigenvalue weighted by molar-refractivity contribution is -0.143. The quantitative estimate of drug-likeness (QED) is 0.0394. The molecule has 11 atom stereocenters. The van der Waals surface area contributed by atoms with Gasteiger partial charge in [-0.15, -0.1) is 11.8 Å². The van der Waals surface area contributed by atoms with E-state index in [2.05, 4.69) is 88.7 Å². The largest absolute Gasteiger partial charge is 0.394 e. The molecule has 0 saturated carbocycles. The Labute approximate surface area is 649 Å². The number of aromatic nitrogens is 6. The first-order chi connectivity index (χ1) is 53.7. The number of rotatable bonds is 19. The van der Waals surface area contributed by atoms with Crippen LogP contribution in [0.15, 0.2) is 141 Å². The second kappa shape index (κ2) is 42.0. The van der Waals surface area contributed by atoms with Crippen molar-refractivity contribution in [1.82, 2.24) is 98.2 Å². The van der Waals surface area contributed by atoms with Crippen LogP contribution in [0.5, 0.6) is 0 Å². The summed E-state index contributed by atoms with van der Waals surface area (Å²) < 4.78 is 1.57. The Morgan fingerprint density at radius 1 is 0.545 bits per heavy atom. The second-order valence-corrected chi connectivity index (χ2v) is 28.3. The summed E-state index contributed by atoms with van der Waals surface area (Å²) in [5.74, 6) is -14.1. The number of carbonyl (C=O) groups excluding carboxylic acids is 14. The third kappa shape index (κ3) is 25.1. The van der Waals surface area contributed by atoms with Gasteiger partial charge in [0.2, 0.25) is 82.7 Å². The summed E-state index contributed by atoms with van der Waals surface area (Å²) in [4.78, 5) is 221. The normalized spacial score (nSPS) is 22.8. The molecule has 1 aliphatic rings. The number of aryl methyl sites for hydroxylation is 1. The van der Waals surface area contributed by atoms with Crippen molar-refractivity contribution in [2.45, 2.75) is 146 Å². The highest BCUT2D eigenvalue weighted by molar-refractivity contribution is 8.00. The summed E-state index contributed by atoms with van der Waals surface area (Å²) in [6.45, 7) is 3.88. The number of nitrogens with one attached hydrogen (secondary N) is 14. The van der Waals surface area contributed by atoms with Crippen molar-refractivity contribution < 1.29 is 72.2 Å². The number of H-pyrrole nitrogens is 2. The molecular weight excluding hydrogens is 1470 g/mol. The second-order valence-electron chi connectivity index (χ2n) is 27.2. The molecular formula is C76H96N20O15S. The lowest BCUT2D eigenvalue weighted by atomic mass is 9.96. The number of likely N-dealkylation sites (N-methyl/N-ethyl adjacent to an activating group) is 1. The van der Waals surface area contributed by atoms with Crippen LogP contribution in [0, 0.1) is 5.92 Å². The number of fused-ring (bicyclic) bond motifs is 1. The monoisotopic (exact) mass is 1560 g/mol. The molecule has 4 aromatic carbocycles. The molecule has 596 valence electrons. The maximum atomic E-state index is 15.1. The van der Waals surface area contributed by atoms with Gasteiger partial charge in [-0.3, -0.25) is 67.1 Å². The molecule has 3 aromatic heterocycles. The molecule has 4 heterocycles. The molecule has 36 heteroatoms. The number of aliphatic hydroxyl groups excluding tert-OH is 1. The Kier molecular flexibility index (Phi) is 32.0. The lowest BCUT2D eigenvalue weighted by Gasteiger charge is -2.32. The average Bonchev–Trinajstić information content (AvgIpc) is 0.881. The molecule has 1 saturated heterocycles. The summed E-state index contributed by atoms with van der Waals surface area (Å²) >= 11 is 0.834. The third-order valence-electron chi connectivity index (χ3n) is 18.6. The highest BCUT2D eigenvalue weighted by Gasteiger charge is 2.39. The van der Waals surface area contributed by atoms with Gasteiger partial charge in [0.1, 0.15) is 66.5 Å². The van der Waals surface area contributed by atoms with Gasteiger partial charge >= 0.3 is 0 Å². The zero-order valence-corrected chi connectivity index (χ0v) is 63.6. The van der Waals surface area contributed by atoms with E-state index in [-0.39, 0.29) is 68.5 Å². The zero-order valence-electron chi connectivity index (χ0n) is 62.8. The number of imidazole rings is 3. The maximum absolute atomic E-state index is 15.1. The van der Waals surface area contributed by atoms with Gasteiger partial charge in [-0.25, -0.2) is 15.0 Å². The van der Waals surface area contributed by atoms with E-state index in [0.29, 0.717) is 22.4 Å². The minimum atomic E-state index is -1.74. The predicted octanol–water partition coefficient (Wildman–Crippen LogP) is -2.62. The topological polar surface area (TPSA) is 508 Å². The van der Waals surface area contributed by atoms with Gasteiger partial charge < -0.3 is 94.1 Å². The molecule has 1 fully saturated rings. The number of hydrogen-bond acceptors (Lipinski definition) is 19. The fourth-order valence-corrected chi connectivity index (χ4v) is 13.2. The summed E-state index contributed by atoms with van der Waals surface area (Å²) in [6, 6.07) is 13.4. The van der Waals surface area contributed by atoms with Crippen LogP contribution >= 0.6 is 11.8 Å². The van der Waals surface area contributed by atoms with Crippen LogP contribution in [0.25, 0.3) is 10.8 Å². The Morgan fingerprint density at radius 2 is 1.05 bits per heavy atom. The van der Waals surface area contributed by atoms with Crippen LogP contribution in [0.4, 0.5) is 0 Å². The standard InChI is InChI=1S/C76H96N20O15S/c1-7-52-68(103)90-58(31-50-34-80-42-95(50)5)71(106)93-60(67(102)81-35-62(77)98)38-112-39-64(100)85-54(26-44-18-11-9-12-19-44)72(107)94-65(43(3)4)75(110)92-55(28-47-24-17-23-46-22-15-16-25-51(46)47)69(104)89-56(29-48-32-78-40-83-48)66(101)82-36-63(99)86-59(37-97)73(108)88-53(8-2)76(111)96(6)61(27-45-20-13-10-14-21-45)74(109)91-57(70(105)87-52)30-49-33-79-41-84-49/h9-25,32-34,40-43,52-61,65,97H,7-8,26-31,35-39H2,1-6H3,(H2,77,98)(H,78,83)(H,79,84)(H,81,102)(H,82,101)(H,85,100)(H,86,99)(H,87,105)(H,88,108)(H,89,104)(H,90,103)(H,91,109)(H,92,110)(H,93,106)(H,94,107). The average molecular weight is 1560 g/mol. The van der Waals surface area contributed by atoms with Crippen molar-refractivity contribution in [3.63, 3.8) is 0 Å². The molecule has 17 N–H and O–H groups in total. The molecule has 112 heavy (non-hydrogen) atoms. The van der Waals surface area contributed by atoms with Gasteiger partial charge in [0.25, 0.3) is 0 Å². The molecule has 0 aliphatic carbocycles. The molecule has 1 aliphatic heterocycles. The predicted molar refractivity (Wildman–Crippen MR) is 410 cm³/mol. The molecule has 14 amide bonds. The minimum Gasteiger partial charge on any atom is -0.394 e. The third-order valence-corrected chi connectivity index (χ3v) is 19.6.